The van der Waals surface area contributed by atoms with Gasteiger partial charge in [-0.05, 0) is 42.3 Å². The van der Waals surface area contributed by atoms with Crippen molar-refractivity contribution in [1.29, 1.82) is 0 Å². The molecule has 2 aromatic rings. The number of halogens is 2. The number of alkyl halides is 1. The first-order valence-corrected chi connectivity index (χ1v) is 7.94. The van der Waals surface area contributed by atoms with Gasteiger partial charge in [0.25, 0.3) is 0 Å². The largest absolute Gasteiger partial charge is 0.299 e. The van der Waals surface area contributed by atoms with E-state index in [9.17, 15) is 0 Å². The molecule has 1 aromatic heterocycles. The standard InChI is InChI=1S/C16H18Cl2N2/c1-3-20-5-4-15-14(9-20)13(8-17)12-7-11(18)6-10(2)16(12)19-15/h6-7H,3-5,8-9H2,1-2H3. The quantitative estimate of drug-likeness (QED) is 0.768. The number of likely N-dealkylation sites (N-methyl/N-ethyl adjacent to an activating group) is 1. The lowest BCUT2D eigenvalue weighted by atomic mass is 9.95. The SMILES string of the molecule is CCN1CCc2nc3c(C)cc(Cl)cc3c(CCl)c2C1. The Bertz CT molecular complexity index is 667. The smallest absolute Gasteiger partial charge is 0.0738 e. The number of pyridine rings is 1. The molecule has 1 aliphatic rings. The van der Waals surface area contributed by atoms with Gasteiger partial charge in [-0.15, -0.1) is 11.6 Å². The van der Waals surface area contributed by atoms with Crippen molar-refractivity contribution in [3.63, 3.8) is 0 Å². The molecule has 20 heavy (non-hydrogen) atoms. The number of rotatable bonds is 2. The Hall–Kier alpha value is -0.830. The van der Waals surface area contributed by atoms with E-state index in [2.05, 4.69) is 18.7 Å². The highest BCUT2D eigenvalue weighted by Gasteiger charge is 2.22. The van der Waals surface area contributed by atoms with E-state index in [-0.39, 0.29) is 0 Å². The number of benzene rings is 1. The van der Waals surface area contributed by atoms with Gasteiger partial charge in [0.05, 0.1) is 5.52 Å². The van der Waals surface area contributed by atoms with Gasteiger partial charge in [0, 0.05) is 41.5 Å². The first-order valence-electron chi connectivity index (χ1n) is 7.02. The Balaban J connectivity index is 2.28. The molecule has 2 heterocycles. The van der Waals surface area contributed by atoms with E-state index < -0.39 is 0 Å². The summed E-state index contributed by atoms with van der Waals surface area (Å²) in [5.41, 5.74) is 5.90. The van der Waals surface area contributed by atoms with Gasteiger partial charge < -0.3 is 0 Å². The molecule has 0 bridgehead atoms. The fourth-order valence-corrected chi connectivity index (χ4v) is 3.61. The molecular formula is C16H18Cl2N2. The van der Waals surface area contributed by atoms with Gasteiger partial charge in [-0.3, -0.25) is 9.88 Å². The van der Waals surface area contributed by atoms with E-state index >= 15 is 0 Å². The second-order valence-electron chi connectivity index (χ2n) is 5.39. The zero-order valence-corrected chi connectivity index (χ0v) is 13.4. The van der Waals surface area contributed by atoms with Crippen LogP contribution in [-0.4, -0.2) is 23.0 Å². The molecule has 106 valence electrons. The maximum absolute atomic E-state index is 6.25. The van der Waals surface area contributed by atoms with E-state index in [4.69, 9.17) is 28.2 Å². The van der Waals surface area contributed by atoms with Crippen LogP contribution in [0, 0.1) is 6.92 Å². The Morgan fingerprint density at radius 2 is 2.15 bits per heavy atom. The van der Waals surface area contributed by atoms with Crippen LogP contribution < -0.4 is 0 Å². The van der Waals surface area contributed by atoms with Crippen molar-refractivity contribution >= 4 is 34.1 Å². The fourth-order valence-electron chi connectivity index (χ4n) is 3.04. The van der Waals surface area contributed by atoms with Crippen LogP contribution in [0.4, 0.5) is 0 Å². The van der Waals surface area contributed by atoms with E-state index in [1.807, 2.05) is 12.1 Å². The predicted molar refractivity (Wildman–Crippen MR) is 85.7 cm³/mol. The van der Waals surface area contributed by atoms with Crippen LogP contribution in [0.25, 0.3) is 10.9 Å². The molecule has 1 aromatic carbocycles. The van der Waals surface area contributed by atoms with E-state index in [0.717, 1.165) is 47.5 Å². The molecule has 0 radical (unpaired) electrons. The molecule has 0 fully saturated rings. The average molecular weight is 309 g/mol. The summed E-state index contributed by atoms with van der Waals surface area (Å²) >= 11 is 12.5. The lowest BCUT2D eigenvalue weighted by Gasteiger charge is -2.29. The third kappa shape index (κ3) is 2.30. The normalized spacial score (nSPS) is 15.6. The summed E-state index contributed by atoms with van der Waals surface area (Å²) in [6, 6.07) is 3.97. The summed E-state index contributed by atoms with van der Waals surface area (Å²) in [6.45, 7) is 7.35. The molecule has 0 atom stereocenters. The summed E-state index contributed by atoms with van der Waals surface area (Å²) in [5.74, 6) is 0.513. The van der Waals surface area contributed by atoms with Gasteiger partial charge in [-0.2, -0.15) is 0 Å². The highest BCUT2D eigenvalue weighted by molar-refractivity contribution is 6.31. The van der Waals surface area contributed by atoms with Gasteiger partial charge in [0.15, 0.2) is 0 Å². The highest BCUT2D eigenvalue weighted by Crippen LogP contribution is 2.32. The van der Waals surface area contributed by atoms with Crippen LogP contribution in [-0.2, 0) is 18.8 Å². The van der Waals surface area contributed by atoms with Crippen molar-refractivity contribution in [2.45, 2.75) is 32.7 Å². The maximum Gasteiger partial charge on any atom is 0.0738 e. The van der Waals surface area contributed by atoms with Crippen LogP contribution in [0.5, 0.6) is 0 Å². The highest BCUT2D eigenvalue weighted by atomic mass is 35.5. The fraction of sp³-hybridized carbons (Fsp3) is 0.438. The molecule has 1 aliphatic heterocycles. The topological polar surface area (TPSA) is 16.1 Å². The number of aryl methyl sites for hydroxylation is 1. The molecule has 0 unspecified atom stereocenters. The summed E-state index contributed by atoms with van der Waals surface area (Å²) < 4.78 is 0. The molecule has 0 aliphatic carbocycles. The van der Waals surface area contributed by atoms with Gasteiger partial charge in [-0.25, -0.2) is 0 Å². The molecule has 3 rings (SSSR count). The lowest BCUT2D eigenvalue weighted by molar-refractivity contribution is 0.265. The van der Waals surface area contributed by atoms with Crippen LogP contribution >= 0.6 is 23.2 Å². The molecule has 0 N–H and O–H groups in total. The summed E-state index contributed by atoms with van der Waals surface area (Å²) in [4.78, 5) is 7.32. The van der Waals surface area contributed by atoms with Crippen molar-refractivity contribution in [3.8, 4) is 0 Å². The maximum atomic E-state index is 6.25. The zero-order chi connectivity index (χ0) is 14.3. The molecule has 2 nitrogen and oxygen atoms in total. The van der Waals surface area contributed by atoms with Crippen molar-refractivity contribution in [2.75, 3.05) is 13.1 Å². The molecular weight excluding hydrogens is 291 g/mol. The number of nitrogens with zero attached hydrogens (tertiary/aromatic N) is 2. The van der Waals surface area contributed by atoms with E-state index in [1.165, 1.54) is 16.8 Å². The second kappa shape index (κ2) is 5.51. The average Bonchev–Trinajstić information content (AvgIpc) is 2.44. The van der Waals surface area contributed by atoms with Gasteiger partial charge in [0.2, 0.25) is 0 Å². The van der Waals surface area contributed by atoms with Crippen LogP contribution in [0.2, 0.25) is 5.02 Å². The Labute approximate surface area is 129 Å². The Morgan fingerprint density at radius 1 is 1.35 bits per heavy atom. The molecule has 0 spiro atoms. The zero-order valence-electron chi connectivity index (χ0n) is 11.8. The third-order valence-corrected chi connectivity index (χ3v) is 4.66. The van der Waals surface area contributed by atoms with Crippen molar-refractivity contribution < 1.29 is 0 Å². The van der Waals surface area contributed by atoms with Crippen molar-refractivity contribution in [2.24, 2.45) is 0 Å². The first kappa shape index (κ1) is 14.1. The van der Waals surface area contributed by atoms with E-state index in [1.54, 1.807) is 0 Å². The molecule has 4 heteroatoms. The third-order valence-electron chi connectivity index (χ3n) is 4.18. The summed E-state index contributed by atoms with van der Waals surface area (Å²) in [7, 11) is 0. The number of fused-ring (bicyclic) bond motifs is 2. The Kier molecular flexibility index (Phi) is 3.89. The molecule has 0 saturated carbocycles. The first-order chi connectivity index (χ1) is 9.63. The van der Waals surface area contributed by atoms with Crippen molar-refractivity contribution in [1.82, 2.24) is 9.88 Å². The number of hydrogen-bond donors (Lipinski definition) is 0. The predicted octanol–water partition coefficient (Wildman–Crippen LogP) is 4.31. The van der Waals surface area contributed by atoms with Gasteiger partial charge in [0.1, 0.15) is 0 Å². The molecule has 0 saturated heterocycles. The van der Waals surface area contributed by atoms with Crippen LogP contribution in [0.15, 0.2) is 12.1 Å². The van der Waals surface area contributed by atoms with E-state index in [0.29, 0.717) is 5.88 Å². The van der Waals surface area contributed by atoms with Gasteiger partial charge in [-0.1, -0.05) is 18.5 Å². The van der Waals surface area contributed by atoms with Gasteiger partial charge >= 0.3 is 0 Å². The minimum absolute atomic E-state index is 0.513. The lowest BCUT2D eigenvalue weighted by Crippen LogP contribution is -2.31. The summed E-state index contributed by atoms with van der Waals surface area (Å²) in [5, 5.41) is 1.87. The number of aromatic nitrogens is 1. The number of hydrogen-bond acceptors (Lipinski definition) is 2. The second-order valence-corrected chi connectivity index (χ2v) is 6.09. The van der Waals surface area contributed by atoms with Crippen LogP contribution in [0.3, 0.4) is 0 Å². The Morgan fingerprint density at radius 3 is 2.85 bits per heavy atom. The monoisotopic (exact) mass is 308 g/mol. The van der Waals surface area contributed by atoms with Crippen LogP contribution in [0.1, 0.15) is 29.3 Å². The summed E-state index contributed by atoms with van der Waals surface area (Å²) in [6.07, 6.45) is 1.01. The minimum atomic E-state index is 0.513. The van der Waals surface area contributed by atoms with Crippen molar-refractivity contribution in [3.05, 3.63) is 39.5 Å². The molecule has 0 amide bonds. The minimum Gasteiger partial charge on any atom is -0.299 e.